The van der Waals surface area contributed by atoms with Crippen molar-refractivity contribution in [3.8, 4) is 11.8 Å². The zero-order chi connectivity index (χ0) is 17.0. The largest absolute Gasteiger partial charge is 0.505 e. The van der Waals surface area contributed by atoms with Crippen LogP contribution < -0.4 is 5.32 Å². The van der Waals surface area contributed by atoms with Crippen LogP contribution in [0.3, 0.4) is 0 Å². The second-order valence-corrected chi connectivity index (χ2v) is 5.71. The number of carbonyl (C=O) groups is 1. The molecule has 0 fully saturated rings. The molecule has 4 nitrogen and oxygen atoms in total. The summed E-state index contributed by atoms with van der Waals surface area (Å²) in [7, 11) is 0. The van der Waals surface area contributed by atoms with Gasteiger partial charge < -0.3 is 10.4 Å². The summed E-state index contributed by atoms with van der Waals surface area (Å²) >= 11 is 17.4. The fraction of sp³-hybridized carbons (Fsp3) is 0. The highest BCUT2D eigenvalue weighted by atomic mass is 35.5. The predicted molar refractivity (Wildman–Crippen MR) is 91.8 cm³/mol. The van der Waals surface area contributed by atoms with E-state index in [4.69, 9.17) is 40.1 Å². The lowest BCUT2D eigenvalue weighted by atomic mass is 10.1. The molecule has 2 rings (SSSR count). The van der Waals surface area contributed by atoms with Gasteiger partial charge in [-0.15, -0.1) is 0 Å². The average molecular weight is 368 g/mol. The second-order valence-electron chi connectivity index (χ2n) is 4.46. The van der Waals surface area contributed by atoms with Crippen LogP contribution in [0.5, 0.6) is 5.75 Å². The molecule has 2 N–H and O–H groups in total. The van der Waals surface area contributed by atoms with Gasteiger partial charge in [0.15, 0.2) is 5.75 Å². The first kappa shape index (κ1) is 17.2. The number of nitrogens with zero attached hydrogens (tertiary/aromatic N) is 1. The van der Waals surface area contributed by atoms with Crippen LogP contribution >= 0.6 is 34.8 Å². The zero-order valence-electron chi connectivity index (χ0n) is 11.5. The molecule has 1 amide bonds. The topological polar surface area (TPSA) is 73.1 Å². The number of hydrogen-bond donors (Lipinski definition) is 2. The molecule has 2 aromatic rings. The molecule has 0 radical (unpaired) electrons. The maximum absolute atomic E-state index is 12.1. The van der Waals surface area contributed by atoms with Crippen LogP contribution in [0.2, 0.25) is 15.1 Å². The Balaban J connectivity index is 2.26. The van der Waals surface area contributed by atoms with Gasteiger partial charge in [0.05, 0.1) is 10.0 Å². The van der Waals surface area contributed by atoms with E-state index in [9.17, 15) is 9.90 Å². The summed E-state index contributed by atoms with van der Waals surface area (Å²) in [5, 5.41) is 21.8. The molecule has 0 aliphatic carbocycles. The number of amides is 1. The van der Waals surface area contributed by atoms with Gasteiger partial charge in [0, 0.05) is 10.7 Å². The monoisotopic (exact) mass is 366 g/mol. The van der Waals surface area contributed by atoms with Gasteiger partial charge in [0.1, 0.15) is 11.6 Å². The van der Waals surface area contributed by atoms with E-state index in [0.29, 0.717) is 16.3 Å². The minimum absolute atomic E-state index is 0.0270. The van der Waals surface area contributed by atoms with Crippen molar-refractivity contribution < 1.29 is 9.90 Å². The van der Waals surface area contributed by atoms with Crippen molar-refractivity contribution in [1.29, 1.82) is 5.26 Å². The summed E-state index contributed by atoms with van der Waals surface area (Å²) in [5.41, 5.74) is 0.778. The van der Waals surface area contributed by atoms with Crippen molar-refractivity contribution in [3.63, 3.8) is 0 Å². The number of carbonyl (C=O) groups excluding carboxylic acids is 1. The lowest BCUT2D eigenvalue weighted by molar-refractivity contribution is -0.112. The zero-order valence-corrected chi connectivity index (χ0v) is 13.7. The van der Waals surface area contributed by atoms with Crippen molar-refractivity contribution in [2.45, 2.75) is 0 Å². The highest BCUT2D eigenvalue weighted by molar-refractivity contribution is 6.37. The Morgan fingerprint density at radius 2 is 1.70 bits per heavy atom. The van der Waals surface area contributed by atoms with Crippen molar-refractivity contribution in [2.75, 3.05) is 5.32 Å². The summed E-state index contributed by atoms with van der Waals surface area (Å²) in [6, 6.07) is 11.1. The number of phenols is 1. The average Bonchev–Trinajstić information content (AvgIpc) is 2.52. The van der Waals surface area contributed by atoms with Crippen LogP contribution in [-0.2, 0) is 4.79 Å². The Morgan fingerprint density at radius 3 is 2.22 bits per heavy atom. The lowest BCUT2D eigenvalue weighted by Gasteiger charge is -2.05. The molecule has 0 spiro atoms. The van der Waals surface area contributed by atoms with Crippen LogP contribution in [0, 0.1) is 11.3 Å². The standard InChI is InChI=1S/C16H9Cl3N2O2/c17-11-1-3-12(4-2-11)21-16(23)10(8-20)5-9-6-13(18)15(22)14(19)7-9/h1-7,22H,(H,21,23). The summed E-state index contributed by atoms with van der Waals surface area (Å²) in [5.74, 6) is -0.843. The second kappa shape index (κ2) is 7.38. The SMILES string of the molecule is N#CC(=Cc1cc(Cl)c(O)c(Cl)c1)C(=O)Nc1ccc(Cl)cc1. The molecular weight excluding hydrogens is 359 g/mol. The van der Waals surface area contributed by atoms with Gasteiger partial charge in [-0.1, -0.05) is 34.8 Å². The van der Waals surface area contributed by atoms with Crippen molar-refractivity contribution >= 4 is 52.5 Å². The minimum Gasteiger partial charge on any atom is -0.505 e. The van der Waals surface area contributed by atoms with Crippen LogP contribution in [0.1, 0.15) is 5.56 Å². The van der Waals surface area contributed by atoms with E-state index in [1.165, 1.54) is 18.2 Å². The van der Waals surface area contributed by atoms with E-state index >= 15 is 0 Å². The van der Waals surface area contributed by atoms with Gasteiger partial charge in [-0.25, -0.2) is 0 Å². The van der Waals surface area contributed by atoms with Gasteiger partial charge in [-0.3, -0.25) is 4.79 Å². The molecule has 0 aliphatic rings. The molecule has 0 bridgehead atoms. The number of aromatic hydroxyl groups is 1. The number of nitrogens with one attached hydrogen (secondary N) is 1. The number of nitriles is 1. The minimum atomic E-state index is -0.588. The third kappa shape index (κ3) is 4.40. The van der Waals surface area contributed by atoms with Crippen LogP contribution in [0.25, 0.3) is 6.08 Å². The normalized spacial score (nSPS) is 11.0. The Labute approximate surface area is 147 Å². The molecule has 0 heterocycles. The van der Waals surface area contributed by atoms with Gasteiger partial charge in [-0.05, 0) is 48.0 Å². The molecule has 23 heavy (non-hydrogen) atoms. The van der Waals surface area contributed by atoms with Crippen LogP contribution in [-0.4, -0.2) is 11.0 Å². The molecular formula is C16H9Cl3N2O2. The van der Waals surface area contributed by atoms with E-state index in [2.05, 4.69) is 5.32 Å². The third-order valence-corrected chi connectivity index (χ3v) is 3.65. The Hall–Kier alpha value is -2.19. The Kier molecular flexibility index (Phi) is 5.51. The first-order valence-corrected chi connectivity index (χ1v) is 7.41. The van der Waals surface area contributed by atoms with E-state index in [0.717, 1.165) is 0 Å². The van der Waals surface area contributed by atoms with E-state index in [1.54, 1.807) is 24.3 Å². The molecule has 2 aromatic carbocycles. The maximum atomic E-state index is 12.1. The molecule has 7 heteroatoms. The van der Waals surface area contributed by atoms with Crippen molar-refractivity contribution in [1.82, 2.24) is 0 Å². The molecule has 0 saturated heterocycles. The quantitative estimate of drug-likeness (QED) is 0.598. The number of phenolic OH excluding ortho intramolecular Hbond substituents is 1. The third-order valence-electron chi connectivity index (χ3n) is 2.82. The number of hydrogen-bond acceptors (Lipinski definition) is 3. The number of anilines is 1. The summed E-state index contributed by atoms with van der Waals surface area (Å²) < 4.78 is 0. The van der Waals surface area contributed by atoms with E-state index < -0.39 is 5.91 Å². The molecule has 0 aromatic heterocycles. The first-order chi connectivity index (χ1) is 10.9. The van der Waals surface area contributed by atoms with Gasteiger partial charge in [-0.2, -0.15) is 5.26 Å². The van der Waals surface area contributed by atoms with E-state index in [1.807, 2.05) is 6.07 Å². The highest BCUT2D eigenvalue weighted by Gasteiger charge is 2.11. The maximum Gasteiger partial charge on any atom is 0.266 e. The van der Waals surface area contributed by atoms with Gasteiger partial charge in [0.25, 0.3) is 5.91 Å². The van der Waals surface area contributed by atoms with Gasteiger partial charge in [0.2, 0.25) is 0 Å². The molecule has 0 aliphatic heterocycles. The number of benzene rings is 2. The number of halogens is 3. The van der Waals surface area contributed by atoms with Gasteiger partial charge >= 0.3 is 0 Å². The predicted octanol–water partition coefficient (Wildman–Crippen LogP) is 4.90. The van der Waals surface area contributed by atoms with Crippen LogP contribution in [0.15, 0.2) is 42.0 Å². The summed E-state index contributed by atoms with van der Waals surface area (Å²) in [4.78, 5) is 12.1. The number of rotatable bonds is 3. The Bertz CT molecular complexity index is 801. The first-order valence-electron chi connectivity index (χ1n) is 6.27. The van der Waals surface area contributed by atoms with Crippen molar-refractivity contribution in [3.05, 3.63) is 62.6 Å². The van der Waals surface area contributed by atoms with Crippen LogP contribution in [0.4, 0.5) is 5.69 Å². The molecule has 0 atom stereocenters. The Morgan fingerprint density at radius 1 is 1.13 bits per heavy atom. The highest BCUT2D eigenvalue weighted by Crippen LogP contribution is 2.33. The fourth-order valence-electron chi connectivity index (χ4n) is 1.72. The summed E-state index contributed by atoms with van der Waals surface area (Å²) in [6.07, 6.45) is 1.32. The lowest BCUT2D eigenvalue weighted by Crippen LogP contribution is -2.13. The summed E-state index contributed by atoms with van der Waals surface area (Å²) in [6.45, 7) is 0. The fourth-order valence-corrected chi connectivity index (χ4v) is 2.35. The van der Waals surface area contributed by atoms with E-state index in [-0.39, 0.29) is 21.4 Å². The molecule has 116 valence electrons. The smallest absolute Gasteiger partial charge is 0.266 e. The van der Waals surface area contributed by atoms with Crippen molar-refractivity contribution in [2.24, 2.45) is 0 Å². The molecule has 0 unspecified atom stereocenters. The molecule has 0 saturated carbocycles.